The van der Waals surface area contributed by atoms with Gasteiger partial charge in [-0.1, -0.05) is 0 Å². The van der Waals surface area contributed by atoms with Crippen molar-refractivity contribution < 1.29 is 9.84 Å². The second kappa shape index (κ2) is 4.56. The van der Waals surface area contributed by atoms with Crippen molar-refractivity contribution in [1.29, 1.82) is 0 Å². The van der Waals surface area contributed by atoms with E-state index in [4.69, 9.17) is 16.3 Å². The number of phenols is 1. The lowest BCUT2D eigenvalue weighted by atomic mass is 9.83. The summed E-state index contributed by atoms with van der Waals surface area (Å²) in [6.45, 7) is 2.16. The predicted octanol–water partition coefficient (Wildman–Crippen LogP) is 4.33. The first kappa shape index (κ1) is 12.8. The van der Waals surface area contributed by atoms with Crippen molar-refractivity contribution in [1.82, 2.24) is 0 Å². The molecule has 2 bridgehead atoms. The lowest BCUT2D eigenvalue weighted by Gasteiger charge is -2.34. The van der Waals surface area contributed by atoms with Gasteiger partial charge in [-0.25, -0.2) is 0 Å². The van der Waals surface area contributed by atoms with E-state index in [1.54, 1.807) is 0 Å². The van der Waals surface area contributed by atoms with Gasteiger partial charge in [0.15, 0.2) is 0 Å². The van der Waals surface area contributed by atoms with Gasteiger partial charge in [-0.05, 0) is 62.5 Å². The standard InChI is InChI=1S/C17H21ClO2/c1-9-10(4-5-18)6-13-8-14(19)15-11-2-3-12(7-11)16(15)17(13)20-9/h8-12,19H,2-7H2,1H3. The SMILES string of the molecule is CC1Oc2c(cc(O)c3c2C2CCC3C2)CC1CCCl. The lowest BCUT2D eigenvalue weighted by molar-refractivity contribution is 0.125. The van der Waals surface area contributed by atoms with Crippen molar-refractivity contribution in [3.8, 4) is 11.5 Å². The highest BCUT2D eigenvalue weighted by Crippen LogP contribution is 2.60. The molecule has 4 rings (SSSR count). The van der Waals surface area contributed by atoms with E-state index < -0.39 is 0 Å². The summed E-state index contributed by atoms with van der Waals surface area (Å²) >= 11 is 5.90. The van der Waals surface area contributed by atoms with E-state index in [2.05, 4.69) is 6.92 Å². The quantitative estimate of drug-likeness (QED) is 0.822. The van der Waals surface area contributed by atoms with Gasteiger partial charge in [-0.3, -0.25) is 0 Å². The number of aromatic hydroxyl groups is 1. The van der Waals surface area contributed by atoms with Crippen LogP contribution < -0.4 is 4.74 Å². The summed E-state index contributed by atoms with van der Waals surface area (Å²) < 4.78 is 6.28. The second-order valence-electron chi connectivity index (χ2n) is 6.68. The van der Waals surface area contributed by atoms with Gasteiger partial charge < -0.3 is 9.84 Å². The Bertz CT molecular complexity index is 554. The highest BCUT2D eigenvalue weighted by atomic mass is 35.5. The van der Waals surface area contributed by atoms with Crippen molar-refractivity contribution in [2.75, 3.05) is 5.88 Å². The van der Waals surface area contributed by atoms with Gasteiger partial charge in [0.05, 0.1) is 6.10 Å². The average molecular weight is 293 g/mol. The number of rotatable bonds is 2. The minimum absolute atomic E-state index is 0.231. The van der Waals surface area contributed by atoms with Crippen LogP contribution in [0.2, 0.25) is 0 Å². The third-order valence-electron chi connectivity index (χ3n) is 5.59. The second-order valence-corrected chi connectivity index (χ2v) is 7.06. The number of hydrogen-bond donors (Lipinski definition) is 1. The molecular weight excluding hydrogens is 272 g/mol. The van der Waals surface area contributed by atoms with Gasteiger partial charge in [0.1, 0.15) is 11.5 Å². The normalized spacial score (nSPS) is 33.7. The number of hydrogen-bond acceptors (Lipinski definition) is 2. The van der Waals surface area contributed by atoms with Crippen molar-refractivity contribution in [2.45, 2.75) is 57.0 Å². The third-order valence-corrected chi connectivity index (χ3v) is 5.81. The van der Waals surface area contributed by atoms with Crippen LogP contribution in [0, 0.1) is 5.92 Å². The molecular formula is C17H21ClO2. The minimum Gasteiger partial charge on any atom is -0.508 e. The Kier molecular flexibility index (Phi) is 2.92. The van der Waals surface area contributed by atoms with E-state index in [0.717, 1.165) is 18.6 Å². The van der Waals surface area contributed by atoms with E-state index in [0.29, 0.717) is 29.4 Å². The van der Waals surface area contributed by atoms with Crippen LogP contribution in [0.3, 0.4) is 0 Å². The molecule has 3 aliphatic rings. The maximum Gasteiger partial charge on any atom is 0.126 e. The number of phenolic OH excluding ortho intramolecular Hbond substituents is 1. The first-order valence-corrected chi connectivity index (χ1v) is 8.33. The molecule has 0 amide bonds. The largest absolute Gasteiger partial charge is 0.508 e. The molecule has 4 atom stereocenters. The summed E-state index contributed by atoms with van der Waals surface area (Å²) in [5.41, 5.74) is 3.73. The molecule has 1 heterocycles. The van der Waals surface area contributed by atoms with Crippen molar-refractivity contribution in [2.24, 2.45) is 5.92 Å². The van der Waals surface area contributed by atoms with Gasteiger partial charge >= 0.3 is 0 Å². The molecule has 1 saturated carbocycles. The van der Waals surface area contributed by atoms with Crippen LogP contribution in [0.1, 0.15) is 61.1 Å². The van der Waals surface area contributed by atoms with Crippen molar-refractivity contribution >= 4 is 11.6 Å². The molecule has 108 valence electrons. The molecule has 1 aliphatic heterocycles. The van der Waals surface area contributed by atoms with Crippen LogP contribution in [0.25, 0.3) is 0 Å². The van der Waals surface area contributed by atoms with Crippen LogP contribution in [0.5, 0.6) is 11.5 Å². The molecule has 0 spiro atoms. The predicted molar refractivity (Wildman–Crippen MR) is 80.1 cm³/mol. The van der Waals surface area contributed by atoms with E-state index in [-0.39, 0.29) is 6.10 Å². The van der Waals surface area contributed by atoms with Crippen LogP contribution in [-0.4, -0.2) is 17.1 Å². The Morgan fingerprint density at radius 2 is 2.05 bits per heavy atom. The number of ether oxygens (including phenoxy) is 1. The summed E-state index contributed by atoms with van der Waals surface area (Å²) in [5.74, 6) is 3.94. The number of fused-ring (bicyclic) bond motifs is 7. The fourth-order valence-corrected chi connectivity index (χ4v) is 4.86. The summed E-state index contributed by atoms with van der Waals surface area (Å²) in [4.78, 5) is 0. The molecule has 1 fully saturated rings. The number of alkyl halides is 1. The first-order chi connectivity index (χ1) is 9.69. The Morgan fingerprint density at radius 1 is 1.30 bits per heavy atom. The van der Waals surface area contributed by atoms with E-state index in [1.807, 2.05) is 6.07 Å². The smallest absolute Gasteiger partial charge is 0.126 e. The summed E-state index contributed by atoms with van der Waals surface area (Å²) in [5, 5.41) is 10.4. The molecule has 2 aliphatic carbocycles. The maximum absolute atomic E-state index is 10.4. The van der Waals surface area contributed by atoms with Gasteiger partial charge in [0.2, 0.25) is 0 Å². The summed E-state index contributed by atoms with van der Waals surface area (Å²) in [6.07, 6.45) is 5.90. The zero-order valence-corrected chi connectivity index (χ0v) is 12.6. The highest BCUT2D eigenvalue weighted by Gasteiger charge is 2.43. The van der Waals surface area contributed by atoms with Crippen LogP contribution in [-0.2, 0) is 6.42 Å². The Labute approximate surface area is 125 Å². The molecule has 3 heteroatoms. The van der Waals surface area contributed by atoms with Crippen LogP contribution in [0.15, 0.2) is 6.07 Å². The van der Waals surface area contributed by atoms with Gasteiger partial charge in [-0.15, -0.1) is 11.6 Å². The molecule has 1 aromatic carbocycles. The Hall–Kier alpha value is -0.890. The molecule has 2 nitrogen and oxygen atoms in total. The fraction of sp³-hybridized carbons (Fsp3) is 0.647. The molecule has 0 saturated heterocycles. The molecule has 1 N–H and O–H groups in total. The molecule has 1 aromatic rings. The third kappa shape index (κ3) is 1.70. The van der Waals surface area contributed by atoms with Gasteiger partial charge in [0, 0.05) is 22.9 Å². The number of benzene rings is 1. The zero-order valence-electron chi connectivity index (χ0n) is 11.9. The molecule has 0 radical (unpaired) electrons. The lowest BCUT2D eigenvalue weighted by Crippen LogP contribution is -2.31. The molecule has 4 unspecified atom stereocenters. The highest BCUT2D eigenvalue weighted by molar-refractivity contribution is 6.17. The van der Waals surface area contributed by atoms with Crippen molar-refractivity contribution in [3.63, 3.8) is 0 Å². The van der Waals surface area contributed by atoms with Crippen molar-refractivity contribution in [3.05, 3.63) is 22.8 Å². The first-order valence-electron chi connectivity index (χ1n) is 7.80. The van der Waals surface area contributed by atoms with Crippen LogP contribution >= 0.6 is 11.6 Å². The fourth-order valence-electron chi connectivity index (χ4n) is 4.58. The van der Waals surface area contributed by atoms with E-state index in [1.165, 1.54) is 36.0 Å². The zero-order chi connectivity index (χ0) is 13.9. The maximum atomic E-state index is 10.4. The summed E-state index contributed by atoms with van der Waals surface area (Å²) in [7, 11) is 0. The Balaban J connectivity index is 1.79. The topological polar surface area (TPSA) is 29.5 Å². The van der Waals surface area contributed by atoms with Gasteiger partial charge in [-0.2, -0.15) is 0 Å². The van der Waals surface area contributed by atoms with Gasteiger partial charge in [0.25, 0.3) is 0 Å². The minimum atomic E-state index is 0.231. The summed E-state index contributed by atoms with van der Waals surface area (Å²) in [6, 6.07) is 1.96. The van der Waals surface area contributed by atoms with Crippen LogP contribution in [0.4, 0.5) is 0 Å². The number of halogens is 1. The average Bonchev–Trinajstić information content (AvgIpc) is 3.02. The van der Waals surface area contributed by atoms with E-state index in [9.17, 15) is 5.11 Å². The van der Waals surface area contributed by atoms with E-state index >= 15 is 0 Å². The Morgan fingerprint density at radius 3 is 2.80 bits per heavy atom. The molecule has 20 heavy (non-hydrogen) atoms. The monoisotopic (exact) mass is 292 g/mol. The molecule has 0 aromatic heterocycles.